The molecule has 1 aliphatic rings. The topological polar surface area (TPSA) is 97.0 Å². The molecule has 34 heavy (non-hydrogen) atoms. The second kappa shape index (κ2) is 9.30. The summed E-state index contributed by atoms with van der Waals surface area (Å²) in [6.07, 6.45) is -0.158. The molecular formula is C24H31F2N3O4S. The number of aryl methyl sites for hydroxylation is 1. The molecule has 7 nitrogen and oxygen atoms in total. The number of amidine groups is 1. The van der Waals surface area contributed by atoms with Crippen molar-refractivity contribution in [2.75, 3.05) is 0 Å². The van der Waals surface area contributed by atoms with Crippen LogP contribution in [0.15, 0.2) is 27.7 Å². The van der Waals surface area contributed by atoms with Crippen LogP contribution in [0.5, 0.6) is 0 Å². The van der Waals surface area contributed by atoms with Crippen LogP contribution in [-0.4, -0.2) is 32.7 Å². The molecule has 1 aromatic carbocycles. The predicted octanol–water partition coefficient (Wildman–Crippen LogP) is 5.55. The van der Waals surface area contributed by atoms with Crippen molar-refractivity contribution < 1.29 is 27.9 Å². The summed E-state index contributed by atoms with van der Waals surface area (Å²) in [5, 5.41) is 17.0. The van der Waals surface area contributed by atoms with Gasteiger partial charge in [-0.25, -0.2) is 13.6 Å². The highest BCUT2D eigenvalue weighted by Gasteiger charge is 2.41. The van der Waals surface area contributed by atoms with Crippen LogP contribution in [0.4, 0.5) is 13.6 Å². The lowest BCUT2D eigenvalue weighted by Gasteiger charge is -2.36. The van der Waals surface area contributed by atoms with Gasteiger partial charge in [0, 0.05) is 28.9 Å². The number of amides is 1. The summed E-state index contributed by atoms with van der Waals surface area (Å²) in [5.41, 5.74) is -1.33. The number of hydrogen-bond acceptors (Lipinski definition) is 7. The molecule has 0 aliphatic carbocycles. The summed E-state index contributed by atoms with van der Waals surface area (Å²) in [7, 11) is 0. The van der Waals surface area contributed by atoms with Gasteiger partial charge in [-0.2, -0.15) is 0 Å². The van der Waals surface area contributed by atoms with E-state index in [1.165, 1.54) is 23.9 Å². The van der Waals surface area contributed by atoms with E-state index in [2.05, 4.69) is 15.5 Å². The van der Waals surface area contributed by atoms with Gasteiger partial charge in [0.05, 0.1) is 16.8 Å². The largest absolute Gasteiger partial charge is 0.444 e. The van der Waals surface area contributed by atoms with E-state index < -0.39 is 34.5 Å². The highest BCUT2D eigenvalue weighted by atomic mass is 32.2. The molecule has 2 atom stereocenters. The van der Waals surface area contributed by atoms with Crippen molar-refractivity contribution >= 4 is 23.0 Å². The fraction of sp³-hybridized carbons (Fsp3) is 0.542. The number of aliphatic imine (C=N–C) groups is 1. The van der Waals surface area contributed by atoms with Crippen molar-refractivity contribution in [3.05, 3.63) is 52.4 Å². The van der Waals surface area contributed by atoms with Gasteiger partial charge >= 0.3 is 6.09 Å². The number of aliphatic hydroxyl groups is 1. The van der Waals surface area contributed by atoms with Gasteiger partial charge in [-0.3, -0.25) is 10.3 Å². The van der Waals surface area contributed by atoms with Crippen LogP contribution < -0.4 is 5.32 Å². The van der Waals surface area contributed by atoms with Gasteiger partial charge < -0.3 is 14.4 Å². The maximum Gasteiger partial charge on any atom is 0.413 e. The number of alkyl carbamates (subject to hydrolysis) is 1. The lowest BCUT2D eigenvalue weighted by Crippen LogP contribution is -2.39. The SMILES string of the molecule is Cc1noc(CC(C)(C)O)c1C1CC(C)(c2ccc(F)cc2F)N=C(NC(=O)OC(C)(C)C)S1. The van der Waals surface area contributed by atoms with Crippen molar-refractivity contribution in [3.8, 4) is 0 Å². The Morgan fingerprint density at radius 1 is 1.32 bits per heavy atom. The van der Waals surface area contributed by atoms with E-state index in [-0.39, 0.29) is 22.4 Å². The molecular weight excluding hydrogens is 464 g/mol. The third-order valence-electron chi connectivity index (χ3n) is 5.20. The molecule has 2 N–H and O–H groups in total. The number of nitrogens with zero attached hydrogens (tertiary/aromatic N) is 2. The number of halogens is 2. The molecule has 0 radical (unpaired) electrons. The number of nitrogens with one attached hydrogen (secondary N) is 1. The summed E-state index contributed by atoms with van der Waals surface area (Å²) in [4.78, 5) is 17.1. The first-order chi connectivity index (χ1) is 15.6. The van der Waals surface area contributed by atoms with E-state index in [4.69, 9.17) is 9.26 Å². The Balaban J connectivity index is 2.05. The third kappa shape index (κ3) is 6.35. The van der Waals surface area contributed by atoms with E-state index in [0.717, 1.165) is 11.6 Å². The number of rotatable bonds is 4. The van der Waals surface area contributed by atoms with E-state index >= 15 is 0 Å². The molecule has 0 saturated carbocycles. The number of thioether (sulfide) groups is 1. The molecule has 1 aliphatic heterocycles. The van der Waals surface area contributed by atoms with Crippen LogP contribution in [0.1, 0.15) is 75.8 Å². The zero-order valence-electron chi connectivity index (χ0n) is 20.5. The Kier molecular flexibility index (Phi) is 7.15. The molecule has 186 valence electrons. The Morgan fingerprint density at radius 2 is 2.00 bits per heavy atom. The minimum Gasteiger partial charge on any atom is -0.444 e. The number of aromatic nitrogens is 1. The summed E-state index contributed by atoms with van der Waals surface area (Å²) < 4.78 is 39.3. The highest BCUT2D eigenvalue weighted by molar-refractivity contribution is 8.14. The Hall–Kier alpha value is -2.46. The molecule has 0 fully saturated rings. The Labute approximate surface area is 202 Å². The molecule has 0 bridgehead atoms. The second-order valence-corrected chi connectivity index (χ2v) is 11.5. The molecule has 2 heterocycles. The van der Waals surface area contributed by atoms with Gasteiger partial charge in [-0.05, 0) is 61.0 Å². The van der Waals surface area contributed by atoms with Gasteiger partial charge in [0.25, 0.3) is 0 Å². The van der Waals surface area contributed by atoms with Gasteiger partial charge in [0.2, 0.25) is 0 Å². The summed E-state index contributed by atoms with van der Waals surface area (Å²) in [6, 6.07) is 3.37. The first-order valence-electron chi connectivity index (χ1n) is 11.0. The van der Waals surface area contributed by atoms with Gasteiger partial charge in [0.1, 0.15) is 23.0 Å². The predicted molar refractivity (Wildman–Crippen MR) is 127 cm³/mol. The zero-order chi connectivity index (χ0) is 25.5. The standard InChI is InChI=1S/C24H31F2N3O4S/c1-13-19(17(33-29-13)11-23(5,6)31)18-12-24(7,15-9-8-14(25)10-16(15)26)28-20(34-18)27-21(30)32-22(2,3)4/h8-10,18,31H,11-12H2,1-7H3,(H,27,28,30). The number of carbonyl (C=O) groups is 1. The fourth-order valence-electron chi connectivity index (χ4n) is 3.90. The first-order valence-corrected chi connectivity index (χ1v) is 11.8. The van der Waals surface area contributed by atoms with Crippen LogP contribution >= 0.6 is 11.8 Å². The van der Waals surface area contributed by atoms with Gasteiger partial charge in [-0.1, -0.05) is 23.0 Å². The molecule has 0 spiro atoms. The summed E-state index contributed by atoms with van der Waals surface area (Å²) in [6.45, 7) is 12.1. The van der Waals surface area contributed by atoms with E-state index in [1.54, 1.807) is 48.5 Å². The minimum absolute atomic E-state index is 0.195. The Bertz CT molecular complexity index is 1100. The quantitative estimate of drug-likeness (QED) is 0.577. The smallest absolute Gasteiger partial charge is 0.413 e. The highest BCUT2D eigenvalue weighted by Crippen LogP contribution is 2.49. The fourth-order valence-corrected chi connectivity index (χ4v) is 5.39. The molecule has 0 saturated heterocycles. The molecule has 2 unspecified atom stereocenters. The lowest BCUT2D eigenvalue weighted by atomic mass is 9.84. The van der Waals surface area contributed by atoms with Crippen molar-refractivity contribution in [1.29, 1.82) is 0 Å². The maximum atomic E-state index is 14.9. The average molecular weight is 496 g/mol. The van der Waals surface area contributed by atoms with Gasteiger partial charge in [0.15, 0.2) is 5.17 Å². The van der Waals surface area contributed by atoms with Crippen molar-refractivity contribution in [2.24, 2.45) is 4.99 Å². The van der Waals surface area contributed by atoms with Crippen LogP contribution in [0.25, 0.3) is 0 Å². The summed E-state index contributed by atoms with van der Waals surface area (Å²) in [5.74, 6) is -0.916. The van der Waals surface area contributed by atoms with Crippen LogP contribution in [0.2, 0.25) is 0 Å². The van der Waals surface area contributed by atoms with Crippen LogP contribution in [0, 0.1) is 18.6 Å². The van der Waals surface area contributed by atoms with Crippen molar-refractivity contribution in [1.82, 2.24) is 10.5 Å². The summed E-state index contributed by atoms with van der Waals surface area (Å²) >= 11 is 1.26. The van der Waals surface area contributed by atoms with Crippen molar-refractivity contribution in [3.63, 3.8) is 0 Å². The number of hydrogen-bond donors (Lipinski definition) is 2. The van der Waals surface area contributed by atoms with E-state index in [1.807, 2.05) is 0 Å². The maximum absolute atomic E-state index is 14.9. The van der Waals surface area contributed by atoms with E-state index in [9.17, 15) is 18.7 Å². The molecule has 2 aromatic rings. The lowest BCUT2D eigenvalue weighted by molar-refractivity contribution is 0.0563. The molecule has 1 aromatic heterocycles. The minimum atomic E-state index is -1.13. The third-order valence-corrected chi connectivity index (χ3v) is 6.31. The van der Waals surface area contributed by atoms with Crippen LogP contribution in [-0.2, 0) is 16.7 Å². The monoisotopic (exact) mass is 495 g/mol. The van der Waals surface area contributed by atoms with Crippen LogP contribution in [0.3, 0.4) is 0 Å². The number of carbonyl (C=O) groups excluding carboxylic acids is 1. The van der Waals surface area contributed by atoms with Crippen molar-refractivity contribution in [2.45, 2.75) is 83.3 Å². The first kappa shape index (κ1) is 26.2. The molecule has 10 heteroatoms. The number of ether oxygens (including phenoxy) is 1. The average Bonchev–Trinajstić information content (AvgIpc) is 2.97. The normalized spacial score (nSPS) is 21.2. The second-order valence-electron chi connectivity index (χ2n) is 10.3. The molecule has 1 amide bonds. The number of benzene rings is 1. The molecule has 3 rings (SSSR count). The van der Waals surface area contributed by atoms with E-state index in [0.29, 0.717) is 17.9 Å². The van der Waals surface area contributed by atoms with Gasteiger partial charge in [-0.15, -0.1) is 0 Å². The zero-order valence-corrected chi connectivity index (χ0v) is 21.3. The Morgan fingerprint density at radius 3 is 2.59 bits per heavy atom.